The standard InChI is InChI=1S/C19H13N3O2S2/c23-17(16-7-4-10-26-16)22-19(25)20-13-8-9-15-14(11-13)21-18(24-15)12-5-2-1-3-6-12/h1-11H,(H2,20,22,23,25). The molecule has 0 radical (unpaired) electrons. The molecular weight excluding hydrogens is 366 g/mol. The van der Waals surface area contributed by atoms with E-state index in [1.54, 1.807) is 6.07 Å². The summed E-state index contributed by atoms with van der Waals surface area (Å²) in [6.07, 6.45) is 0. The molecule has 5 nitrogen and oxygen atoms in total. The molecule has 0 atom stereocenters. The van der Waals surface area contributed by atoms with Gasteiger partial charge in [0.2, 0.25) is 5.89 Å². The summed E-state index contributed by atoms with van der Waals surface area (Å²) >= 11 is 6.57. The van der Waals surface area contributed by atoms with Gasteiger partial charge in [-0.05, 0) is 54.0 Å². The number of rotatable bonds is 3. The zero-order valence-corrected chi connectivity index (χ0v) is 15.1. The first-order chi connectivity index (χ1) is 12.7. The number of nitrogens with zero attached hydrogens (tertiary/aromatic N) is 1. The van der Waals surface area contributed by atoms with E-state index in [0.29, 0.717) is 21.9 Å². The van der Waals surface area contributed by atoms with E-state index in [4.69, 9.17) is 16.6 Å². The summed E-state index contributed by atoms with van der Waals surface area (Å²) in [6.45, 7) is 0. The number of thiophene rings is 1. The second kappa shape index (κ2) is 7.07. The van der Waals surface area contributed by atoms with E-state index in [9.17, 15) is 4.79 Å². The molecule has 0 aliphatic carbocycles. The summed E-state index contributed by atoms with van der Waals surface area (Å²) in [5, 5.41) is 7.73. The first-order valence-corrected chi connectivity index (χ1v) is 9.10. The molecule has 0 unspecified atom stereocenters. The first kappa shape index (κ1) is 16.4. The van der Waals surface area contributed by atoms with Crippen molar-refractivity contribution >= 4 is 51.4 Å². The van der Waals surface area contributed by atoms with Crippen LogP contribution < -0.4 is 10.6 Å². The Kier molecular flexibility index (Phi) is 4.47. The van der Waals surface area contributed by atoms with E-state index >= 15 is 0 Å². The maximum absolute atomic E-state index is 12.0. The topological polar surface area (TPSA) is 67.2 Å². The molecular formula is C19H13N3O2S2. The maximum atomic E-state index is 12.0. The average molecular weight is 379 g/mol. The molecule has 0 aliphatic rings. The number of carbonyl (C=O) groups excluding carboxylic acids is 1. The van der Waals surface area contributed by atoms with Gasteiger partial charge < -0.3 is 9.73 Å². The average Bonchev–Trinajstić information content (AvgIpc) is 3.32. The van der Waals surface area contributed by atoms with E-state index in [1.165, 1.54) is 11.3 Å². The fourth-order valence-electron chi connectivity index (χ4n) is 2.44. The zero-order valence-electron chi connectivity index (χ0n) is 13.4. The van der Waals surface area contributed by atoms with Crippen molar-refractivity contribution in [3.05, 3.63) is 70.9 Å². The Morgan fingerprint density at radius 3 is 2.69 bits per heavy atom. The van der Waals surface area contributed by atoms with Crippen LogP contribution in [0.3, 0.4) is 0 Å². The molecule has 0 saturated carbocycles. The Balaban J connectivity index is 1.50. The van der Waals surface area contributed by atoms with E-state index in [0.717, 1.165) is 11.3 Å². The Labute approximate surface area is 158 Å². The molecule has 0 aliphatic heterocycles. The highest BCUT2D eigenvalue weighted by Crippen LogP contribution is 2.26. The van der Waals surface area contributed by atoms with E-state index in [2.05, 4.69) is 15.6 Å². The number of carbonyl (C=O) groups is 1. The summed E-state index contributed by atoms with van der Waals surface area (Å²) in [7, 11) is 0. The molecule has 26 heavy (non-hydrogen) atoms. The largest absolute Gasteiger partial charge is 0.436 e. The van der Waals surface area contributed by atoms with Crippen LogP contribution in [-0.4, -0.2) is 16.0 Å². The Morgan fingerprint density at radius 2 is 1.92 bits per heavy atom. The number of benzene rings is 2. The molecule has 4 aromatic rings. The van der Waals surface area contributed by atoms with E-state index < -0.39 is 0 Å². The molecule has 2 aromatic carbocycles. The third kappa shape index (κ3) is 3.49. The monoisotopic (exact) mass is 379 g/mol. The second-order valence-electron chi connectivity index (χ2n) is 5.45. The summed E-state index contributed by atoms with van der Waals surface area (Å²) < 4.78 is 5.79. The van der Waals surface area contributed by atoms with E-state index in [1.807, 2.05) is 60.0 Å². The van der Waals surface area contributed by atoms with Crippen LogP contribution in [-0.2, 0) is 0 Å². The van der Waals surface area contributed by atoms with Crippen LogP contribution >= 0.6 is 23.6 Å². The highest BCUT2D eigenvalue weighted by atomic mass is 32.1. The molecule has 2 N–H and O–H groups in total. The van der Waals surface area contributed by atoms with Crippen molar-refractivity contribution in [3.8, 4) is 11.5 Å². The molecule has 2 aromatic heterocycles. The molecule has 128 valence electrons. The lowest BCUT2D eigenvalue weighted by Crippen LogP contribution is -2.33. The molecule has 4 rings (SSSR count). The van der Waals surface area contributed by atoms with Gasteiger partial charge in [-0.15, -0.1) is 11.3 Å². The van der Waals surface area contributed by atoms with Gasteiger partial charge in [0.1, 0.15) is 5.52 Å². The number of oxazole rings is 1. The van der Waals surface area contributed by atoms with Crippen LogP contribution in [0.5, 0.6) is 0 Å². The van der Waals surface area contributed by atoms with Crippen molar-refractivity contribution in [1.82, 2.24) is 10.3 Å². The van der Waals surface area contributed by atoms with Crippen molar-refractivity contribution in [1.29, 1.82) is 0 Å². The Morgan fingerprint density at radius 1 is 1.08 bits per heavy atom. The predicted octanol–water partition coefficient (Wildman–Crippen LogP) is 4.68. The van der Waals surface area contributed by atoms with Gasteiger partial charge in [0.25, 0.3) is 5.91 Å². The van der Waals surface area contributed by atoms with Crippen molar-refractivity contribution < 1.29 is 9.21 Å². The van der Waals surface area contributed by atoms with E-state index in [-0.39, 0.29) is 11.0 Å². The van der Waals surface area contributed by atoms with Crippen LogP contribution in [0.4, 0.5) is 5.69 Å². The third-order valence-corrected chi connectivity index (χ3v) is 4.71. The lowest BCUT2D eigenvalue weighted by Gasteiger charge is -2.08. The molecule has 0 bridgehead atoms. The van der Waals surface area contributed by atoms with Gasteiger partial charge in [0, 0.05) is 11.3 Å². The number of aromatic nitrogens is 1. The number of hydrogen-bond donors (Lipinski definition) is 2. The van der Waals surface area contributed by atoms with Gasteiger partial charge in [-0.3, -0.25) is 10.1 Å². The van der Waals surface area contributed by atoms with Crippen molar-refractivity contribution in [2.24, 2.45) is 0 Å². The minimum absolute atomic E-state index is 0.230. The highest BCUT2D eigenvalue weighted by Gasteiger charge is 2.11. The molecule has 0 saturated heterocycles. The first-order valence-electron chi connectivity index (χ1n) is 7.81. The summed E-state index contributed by atoms with van der Waals surface area (Å²) in [4.78, 5) is 17.1. The predicted molar refractivity (Wildman–Crippen MR) is 107 cm³/mol. The molecule has 1 amide bonds. The minimum atomic E-state index is -0.230. The number of hydrogen-bond acceptors (Lipinski definition) is 5. The fraction of sp³-hybridized carbons (Fsp3) is 0. The normalized spacial score (nSPS) is 10.6. The van der Waals surface area contributed by atoms with Gasteiger partial charge in [-0.2, -0.15) is 0 Å². The Bertz CT molecular complexity index is 1070. The fourth-order valence-corrected chi connectivity index (χ4v) is 3.27. The van der Waals surface area contributed by atoms with Crippen molar-refractivity contribution in [3.63, 3.8) is 0 Å². The third-order valence-electron chi connectivity index (χ3n) is 3.64. The molecule has 7 heteroatoms. The number of amides is 1. The van der Waals surface area contributed by atoms with Gasteiger partial charge in [-0.25, -0.2) is 4.98 Å². The highest BCUT2D eigenvalue weighted by molar-refractivity contribution is 7.80. The van der Waals surface area contributed by atoms with Crippen LogP contribution in [0, 0.1) is 0 Å². The van der Waals surface area contributed by atoms with Crippen LogP contribution in [0.2, 0.25) is 0 Å². The lowest BCUT2D eigenvalue weighted by atomic mass is 10.2. The smallest absolute Gasteiger partial charge is 0.267 e. The van der Waals surface area contributed by atoms with Crippen molar-refractivity contribution in [2.45, 2.75) is 0 Å². The zero-order chi connectivity index (χ0) is 17.9. The quantitative estimate of drug-likeness (QED) is 0.506. The molecule has 0 spiro atoms. The van der Waals surface area contributed by atoms with Gasteiger partial charge in [0.15, 0.2) is 10.7 Å². The van der Waals surface area contributed by atoms with Crippen molar-refractivity contribution in [2.75, 3.05) is 5.32 Å². The van der Waals surface area contributed by atoms with Gasteiger partial charge in [-0.1, -0.05) is 24.3 Å². The van der Waals surface area contributed by atoms with Crippen LogP contribution in [0.1, 0.15) is 9.67 Å². The number of nitrogens with one attached hydrogen (secondary N) is 2. The van der Waals surface area contributed by atoms with Crippen LogP contribution in [0.15, 0.2) is 70.5 Å². The summed E-state index contributed by atoms with van der Waals surface area (Å²) in [5.74, 6) is 0.331. The Hall–Kier alpha value is -3.03. The van der Waals surface area contributed by atoms with Gasteiger partial charge in [0.05, 0.1) is 4.88 Å². The molecule has 0 fully saturated rings. The molecule has 2 heterocycles. The maximum Gasteiger partial charge on any atom is 0.267 e. The number of anilines is 1. The summed E-state index contributed by atoms with van der Waals surface area (Å²) in [5.41, 5.74) is 3.03. The SMILES string of the molecule is O=C(NC(=S)Nc1ccc2oc(-c3ccccc3)nc2c1)c1cccs1. The minimum Gasteiger partial charge on any atom is -0.436 e. The number of fused-ring (bicyclic) bond motifs is 1. The summed E-state index contributed by atoms with van der Waals surface area (Å²) in [6, 6.07) is 18.7. The number of thiocarbonyl (C=S) groups is 1. The van der Waals surface area contributed by atoms with Crippen LogP contribution in [0.25, 0.3) is 22.6 Å². The second-order valence-corrected chi connectivity index (χ2v) is 6.81. The lowest BCUT2D eigenvalue weighted by molar-refractivity contribution is 0.0981. The van der Waals surface area contributed by atoms with Gasteiger partial charge >= 0.3 is 0 Å².